The van der Waals surface area contributed by atoms with Gasteiger partial charge in [-0.05, 0) is 43.7 Å². The van der Waals surface area contributed by atoms with E-state index in [-0.39, 0.29) is 49.2 Å². The summed E-state index contributed by atoms with van der Waals surface area (Å²) in [5, 5.41) is 2.90. The van der Waals surface area contributed by atoms with E-state index in [2.05, 4.69) is 5.32 Å². The van der Waals surface area contributed by atoms with Gasteiger partial charge in [-0.3, -0.25) is 14.4 Å². The Balaban J connectivity index is 1.78. The normalized spacial score (nSPS) is 11.6. The molecular formula is C24H31NO6S. The van der Waals surface area contributed by atoms with Gasteiger partial charge in [0, 0.05) is 37.7 Å². The number of Topliss-reactive ketones (excluding diaryl/α,β-unsaturated/α-hetero) is 2. The molecule has 2 aromatic rings. The second-order valence-corrected chi connectivity index (χ2v) is 8.70. The van der Waals surface area contributed by atoms with Crippen LogP contribution >= 0.6 is 11.3 Å². The van der Waals surface area contributed by atoms with Crippen LogP contribution in [-0.4, -0.2) is 44.9 Å². The Kier molecular flexibility index (Phi) is 10.4. The van der Waals surface area contributed by atoms with Crippen LogP contribution in [0.5, 0.6) is 11.5 Å². The summed E-state index contributed by atoms with van der Waals surface area (Å²) >= 11 is 1.43. The van der Waals surface area contributed by atoms with Crippen LogP contribution in [0.15, 0.2) is 30.3 Å². The van der Waals surface area contributed by atoms with Crippen LogP contribution in [-0.2, 0) is 14.3 Å². The van der Waals surface area contributed by atoms with E-state index in [1.807, 2.05) is 32.0 Å². The van der Waals surface area contributed by atoms with E-state index in [1.54, 1.807) is 26.4 Å². The van der Waals surface area contributed by atoms with Crippen molar-refractivity contribution in [1.29, 1.82) is 0 Å². The number of methoxy groups -OCH3 is 2. The first-order chi connectivity index (χ1) is 15.3. The Bertz CT molecular complexity index is 923. The molecule has 1 unspecified atom stereocenters. The Morgan fingerprint density at radius 1 is 0.969 bits per heavy atom. The fraction of sp³-hybridized carbons (Fsp3) is 0.458. The number of aryl methyl sites for hydroxylation is 1. The van der Waals surface area contributed by atoms with Crippen molar-refractivity contribution in [2.24, 2.45) is 0 Å². The van der Waals surface area contributed by atoms with Gasteiger partial charge >= 0.3 is 0 Å². The first-order valence-corrected chi connectivity index (χ1v) is 11.4. The van der Waals surface area contributed by atoms with Crippen molar-refractivity contribution in [3.63, 3.8) is 0 Å². The molecular weight excluding hydrogens is 430 g/mol. The molecule has 1 aromatic heterocycles. The molecule has 2 rings (SSSR count). The van der Waals surface area contributed by atoms with Crippen molar-refractivity contribution in [3.8, 4) is 11.5 Å². The third-order valence-corrected chi connectivity index (χ3v) is 5.93. The molecule has 0 radical (unpaired) electrons. The molecule has 0 aliphatic carbocycles. The number of nitrogens with one attached hydrogen (secondary N) is 1. The smallest absolute Gasteiger partial charge is 0.220 e. The van der Waals surface area contributed by atoms with Crippen LogP contribution in [0.25, 0.3) is 0 Å². The van der Waals surface area contributed by atoms with Crippen LogP contribution in [0.3, 0.4) is 0 Å². The molecule has 0 spiro atoms. The van der Waals surface area contributed by atoms with Crippen LogP contribution in [0, 0.1) is 6.92 Å². The van der Waals surface area contributed by atoms with E-state index in [1.165, 1.54) is 11.3 Å². The molecule has 1 heterocycles. The number of hydrogen-bond donors (Lipinski definition) is 1. The second-order valence-electron chi connectivity index (χ2n) is 7.41. The van der Waals surface area contributed by atoms with Gasteiger partial charge in [0.15, 0.2) is 17.3 Å². The molecule has 0 saturated heterocycles. The van der Waals surface area contributed by atoms with E-state index in [9.17, 15) is 14.4 Å². The molecule has 0 aliphatic heterocycles. The van der Waals surface area contributed by atoms with Crippen molar-refractivity contribution < 1.29 is 28.6 Å². The molecule has 0 saturated carbocycles. The summed E-state index contributed by atoms with van der Waals surface area (Å²) in [5.41, 5.74) is 0.859. The number of thiophene rings is 1. The maximum Gasteiger partial charge on any atom is 0.220 e. The molecule has 1 atom stereocenters. The second kappa shape index (κ2) is 13.0. The first kappa shape index (κ1) is 25.5. The highest BCUT2D eigenvalue weighted by atomic mass is 32.1. The van der Waals surface area contributed by atoms with Crippen LogP contribution in [0.4, 0.5) is 0 Å². The van der Waals surface area contributed by atoms with Gasteiger partial charge in [-0.15, -0.1) is 11.3 Å². The third-order valence-electron chi connectivity index (χ3n) is 4.89. The van der Waals surface area contributed by atoms with Gasteiger partial charge in [0.25, 0.3) is 0 Å². The van der Waals surface area contributed by atoms with E-state index in [0.717, 1.165) is 10.4 Å². The fourth-order valence-corrected chi connectivity index (χ4v) is 3.88. The lowest BCUT2D eigenvalue weighted by Gasteiger charge is -2.17. The summed E-state index contributed by atoms with van der Waals surface area (Å²) in [4.78, 5) is 38.2. The highest BCUT2D eigenvalue weighted by Crippen LogP contribution is 2.30. The Labute approximate surface area is 193 Å². The Hall–Kier alpha value is -2.71. The number of hydrogen-bond acceptors (Lipinski definition) is 7. The summed E-state index contributed by atoms with van der Waals surface area (Å²) in [6, 6.07) is 8.89. The van der Waals surface area contributed by atoms with E-state index < -0.39 is 0 Å². The number of benzene rings is 1. The molecule has 0 aliphatic rings. The number of rotatable bonds is 14. The largest absolute Gasteiger partial charge is 0.493 e. The highest BCUT2D eigenvalue weighted by molar-refractivity contribution is 7.14. The van der Waals surface area contributed by atoms with Crippen molar-refractivity contribution >= 4 is 28.8 Å². The van der Waals surface area contributed by atoms with E-state index in [0.29, 0.717) is 29.6 Å². The fourth-order valence-electron chi connectivity index (χ4n) is 3.04. The minimum absolute atomic E-state index is 0.0295. The number of carbonyl (C=O) groups is 3. The zero-order chi connectivity index (χ0) is 23.5. The summed E-state index contributed by atoms with van der Waals surface area (Å²) in [5.74, 6) is 0.836. The predicted molar refractivity (Wildman–Crippen MR) is 124 cm³/mol. The Morgan fingerprint density at radius 3 is 2.38 bits per heavy atom. The summed E-state index contributed by atoms with van der Waals surface area (Å²) in [7, 11) is 3.16. The number of ether oxygens (including phenoxy) is 3. The zero-order valence-electron chi connectivity index (χ0n) is 19.1. The molecule has 32 heavy (non-hydrogen) atoms. The minimum Gasteiger partial charge on any atom is -0.493 e. The predicted octanol–water partition coefficient (Wildman–Crippen LogP) is 4.28. The molecule has 1 N–H and O–H groups in total. The van der Waals surface area contributed by atoms with Crippen LogP contribution in [0.1, 0.15) is 58.8 Å². The average molecular weight is 462 g/mol. The van der Waals surface area contributed by atoms with Gasteiger partial charge in [0.1, 0.15) is 12.4 Å². The average Bonchev–Trinajstić information content (AvgIpc) is 3.22. The highest BCUT2D eigenvalue weighted by Gasteiger charge is 2.15. The topological polar surface area (TPSA) is 90.9 Å². The minimum atomic E-state index is -0.261. The zero-order valence-corrected chi connectivity index (χ0v) is 19.9. The maximum atomic E-state index is 12.3. The number of ketones is 2. The molecule has 7 nitrogen and oxygen atoms in total. The number of carbonyl (C=O) groups excluding carboxylic acids is 3. The maximum absolute atomic E-state index is 12.3. The van der Waals surface area contributed by atoms with Crippen molar-refractivity contribution in [1.82, 2.24) is 5.32 Å². The van der Waals surface area contributed by atoms with Crippen LogP contribution < -0.4 is 14.8 Å². The SMILES string of the molecule is COCCOc1ccc(C(C)NC(=O)CCC(=O)CCC(=O)c2ccc(C)s2)cc1OC. The number of amides is 1. The lowest BCUT2D eigenvalue weighted by molar-refractivity contribution is -0.125. The standard InChI is InChI=1S/C24H31NO6S/c1-16-5-11-23(32-16)20(27)9-7-19(26)8-12-24(28)25-17(2)18-6-10-21(22(15-18)30-4)31-14-13-29-3/h5-6,10-11,15,17H,7-9,12-14H2,1-4H3,(H,25,28). The molecule has 1 amide bonds. The van der Waals surface area contributed by atoms with Gasteiger partial charge in [0.2, 0.25) is 5.91 Å². The van der Waals surface area contributed by atoms with Crippen molar-refractivity contribution in [2.45, 2.75) is 45.6 Å². The molecule has 174 valence electrons. The van der Waals surface area contributed by atoms with Gasteiger partial charge < -0.3 is 19.5 Å². The van der Waals surface area contributed by atoms with Crippen molar-refractivity contribution in [3.05, 3.63) is 45.6 Å². The molecule has 8 heteroatoms. The Morgan fingerprint density at radius 2 is 1.72 bits per heavy atom. The van der Waals surface area contributed by atoms with Gasteiger partial charge in [0.05, 0.1) is 24.6 Å². The monoisotopic (exact) mass is 461 g/mol. The van der Waals surface area contributed by atoms with Crippen molar-refractivity contribution in [2.75, 3.05) is 27.4 Å². The van der Waals surface area contributed by atoms with Gasteiger partial charge in [-0.25, -0.2) is 0 Å². The molecule has 1 aromatic carbocycles. The van der Waals surface area contributed by atoms with Gasteiger partial charge in [-0.2, -0.15) is 0 Å². The first-order valence-electron chi connectivity index (χ1n) is 10.5. The van der Waals surface area contributed by atoms with Crippen LogP contribution in [0.2, 0.25) is 0 Å². The summed E-state index contributed by atoms with van der Waals surface area (Å²) < 4.78 is 16.0. The molecule has 0 bridgehead atoms. The van der Waals surface area contributed by atoms with E-state index >= 15 is 0 Å². The summed E-state index contributed by atoms with van der Waals surface area (Å²) in [6.45, 7) is 4.68. The molecule has 0 fully saturated rings. The van der Waals surface area contributed by atoms with E-state index in [4.69, 9.17) is 14.2 Å². The summed E-state index contributed by atoms with van der Waals surface area (Å²) in [6.07, 6.45) is 0.533. The lowest BCUT2D eigenvalue weighted by atomic mass is 10.1. The van der Waals surface area contributed by atoms with Gasteiger partial charge in [-0.1, -0.05) is 6.07 Å². The lowest BCUT2D eigenvalue weighted by Crippen LogP contribution is -2.27. The quantitative estimate of drug-likeness (QED) is 0.334. The third kappa shape index (κ3) is 8.09.